The molecule has 0 heterocycles. The van der Waals surface area contributed by atoms with Crippen LogP contribution in [0.5, 0.6) is 0 Å². The minimum atomic E-state index is -0.0127. The monoisotopic (exact) mass is 152 g/mol. The lowest BCUT2D eigenvalue weighted by Gasteiger charge is -1.87. The van der Waals surface area contributed by atoms with E-state index in [1.807, 2.05) is 0 Å². The molecule has 0 bridgehead atoms. The minimum Gasteiger partial charge on any atom is -0.295 e. The van der Waals surface area contributed by atoms with Crippen molar-refractivity contribution in [3.8, 4) is 0 Å². The third kappa shape index (κ3) is 6.71. The molecule has 0 atom stereocenters. The largest absolute Gasteiger partial charge is 0.295 e. The SMILES string of the molecule is CC(=O)/C=C(C)\C=C\C(C)=O. The first kappa shape index (κ1) is 9.82. The molecule has 11 heavy (non-hydrogen) atoms. The Morgan fingerprint density at radius 3 is 1.82 bits per heavy atom. The number of carbonyl (C=O) groups is 2. The smallest absolute Gasteiger partial charge is 0.152 e. The van der Waals surface area contributed by atoms with Gasteiger partial charge in [-0.3, -0.25) is 9.59 Å². The second-order valence-electron chi connectivity index (χ2n) is 2.44. The molecule has 0 amide bonds. The molecular weight excluding hydrogens is 140 g/mol. The fourth-order valence-corrected chi connectivity index (χ4v) is 0.618. The summed E-state index contributed by atoms with van der Waals surface area (Å²) in [6.45, 7) is 4.73. The Bertz CT molecular complexity index is 222. The number of allylic oxidation sites excluding steroid dienone is 4. The zero-order valence-electron chi connectivity index (χ0n) is 7.05. The van der Waals surface area contributed by atoms with Gasteiger partial charge in [0.1, 0.15) is 0 Å². The lowest BCUT2D eigenvalue weighted by molar-refractivity contribution is -0.113. The fourth-order valence-electron chi connectivity index (χ4n) is 0.618. The van der Waals surface area contributed by atoms with E-state index in [1.165, 1.54) is 26.0 Å². The number of hydrogen-bond donors (Lipinski definition) is 0. The Hall–Kier alpha value is -1.18. The van der Waals surface area contributed by atoms with Gasteiger partial charge >= 0.3 is 0 Å². The van der Waals surface area contributed by atoms with Gasteiger partial charge in [-0.15, -0.1) is 0 Å². The predicted molar refractivity (Wildman–Crippen MR) is 44.3 cm³/mol. The van der Waals surface area contributed by atoms with E-state index >= 15 is 0 Å². The van der Waals surface area contributed by atoms with E-state index in [9.17, 15) is 9.59 Å². The Morgan fingerprint density at radius 1 is 0.909 bits per heavy atom. The molecule has 0 aliphatic heterocycles. The van der Waals surface area contributed by atoms with Gasteiger partial charge in [-0.25, -0.2) is 0 Å². The van der Waals surface area contributed by atoms with Crippen molar-refractivity contribution in [2.45, 2.75) is 20.8 Å². The van der Waals surface area contributed by atoms with Crippen molar-refractivity contribution in [3.05, 3.63) is 23.8 Å². The Balaban J connectivity index is 4.17. The van der Waals surface area contributed by atoms with Crippen LogP contribution in [0.15, 0.2) is 23.8 Å². The van der Waals surface area contributed by atoms with Crippen molar-refractivity contribution in [3.63, 3.8) is 0 Å². The van der Waals surface area contributed by atoms with Crippen molar-refractivity contribution in [1.82, 2.24) is 0 Å². The Labute approximate surface area is 66.6 Å². The number of ketones is 2. The first-order chi connectivity index (χ1) is 5.02. The first-order valence-electron chi connectivity index (χ1n) is 3.40. The summed E-state index contributed by atoms with van der Waals surface area (Å²) in [6.07, 6.45) is 4.55. The van der Waals surface area contributed by atoms with Crippen LogP contribution in [0.25, 0.3) is 0 Å². The van der Waals surface area contributed by atoms with E-state index < -0.39 is 0 Å². The van der Waals surface area contributed by atoms with E-state index in [1.54, 1.807) is 13.0 Å². The number of rotatable bonds is 3. The normalized spacial score (nSPS) is 12.1. The molecule has 0 aromatic rings. The fraction of sp³-hybridized carbons (Fsp3) is 0.333. The van der Waals surface area contributed by atoms with Gasteiger partial charge in [0.05, 0.1) is 0 Å². The summed E-state index contributed by atoms with van der Waals surface area (Å²) in [6, 6.07) is 0. The van der Waals surface area contributed by atoms with Crippen LogP contribution in [0, 0.1) is 0 Å². The molecule has 0 saturated heterocycles. The molecule has 0 saturated carbocycles. The van der Waals surface area contributed by atoms with E-state index in [0.29, 0.717) is 0 Å². The molecule has 0 aromatic carbocycles. The van der Waals surface area contributed by atoms with Gasteiger partial charge in [0.15, 0.2) is 11.6 Å². The summed E-state index contributed by atoms with van der Waals surface area (Å²) in [5.74, 6) is -0.0167. The maximum Gasteiger partial charge on any atom is 0.152 e. The molecular formula is C9H12O2. The van der Waals surface area contributed by atoms with E-state index in [-0.39, 0.29) is 11.6 Å². The Morgan fingerprint density at radius 2 is 1.45 bits per heavy atom. The summed E-state index contributed by atoms with van der Waals surface area (Å²) in [5, 5.41) is 0. The second-order valence-corrected chi connectivity index (χ2v) is 2.44. The molecule has 0 fully saturated rings. The van der Waals surface area contributed by atoms with Crippen molar-refractivity contribution < 1.29 is 9.59 Å². The molecule has 60 valence electrons. The second kappa shape index (κ2) is 4.61. The number of carbonyl (C=O) groups excluding carboxylic acids is 2. The molecule has 0 unspecified atom stereocenters. The first-order valence-corrected chi connectivity index (χ1v) is 3.40. The minimum absolute atomic E-state index is 0.00398. The summed E-state index contributed by atoms with van der Waals surface area (Å²) < 4.78 is 0. The van der Waals surface area contributed by atoms with Crippen molar-refractivity contribution >= 4 is 11.6 Å². The van der Waals surface area contributed by atoms with Crippen LogP contribution >= 0.6 is 0 Å². The summed E-state index contributed by atoms with van der Waals surface area (Å²) >= 11 is 0. The molecule has 0 aromatic heterocycles. The van der Waals surface area contributed by atoms with Crippen LogP contribution < -0.4 is 0 Å². The summed E-state index contributed by atoms with van der Waals surface area (Å²) in [4.78, 5) is 20.9. The van der Waals surface area contributed by atoms with Crippen molar-refractivity contribution in [2.24, 2.45) is 0 Å². The van der Waals surface area contributed by atoms with E-state index in [2.05, 4.69) is 0 Å². The molecule has 0 rings (SSSR count). The molecule has 0 radical (unpaired) electrons. The van der Waals surface area contributed by atoms with E-state index in [0.717, 1.165) is 5.57 Å². The summed E-state index contributed by atoms with van der Waals surface area (Å²) in [5.41, 5.74) is 0.799. The number of hydrogen-bond acceptors (Lipinski definition) is 2. The molecule has 2 nitrogen and oxygen atoms in total. The van der Waals surface area contributed by atoms with Gasteiger partial charge in [0, 0.05) is 0 Å². The third-order valence-electron chi connectivity index (χ3n) is 1.01. The van der Waals surface area contributed by atoms with Crippen LogP contribution in [-0.2, 0) is 9.59 Å². The molecule has 0 aliphatic rings. The molecule has 2 heteroatoms. The Kier molecular flexibility index (Phi) is 4.11. The topological polar surface area (TPSA) is 34.1 Å². The zero-order chi connectivity index (χ0) is 8.85. The lowest BCUT2D eigenvalue weighted by atomic mass is 10.2. The third-order valence-corrected chi connectivity index (χ3v) is 1.01. The van der Waals surface area contributed by atoms with Crippen LogP contribution in [-0.4, -0.2) is 11.6 Å². The maximum atomic E-state index is 10.5. The maximum absolute atomic E-state index is 10.5. The van der Waals surface area contributed by atoms with Crippen LogP contribution in [0.3, 0.4) is 0 Å². The standard InChI is InChI=1S/C9H12O2/c1-7(6-9(3)11)4-5-8(2)10/h4-6H,1-3H3/b5-4+,7-6-. The predicted octanol–water partition coefficient (Wildman–Crippen LogP) is 1.67. The molecule has 0 spiro atoms. The van der Waals surface area contributed by atoms with E-state index in [4.69, 9.17) is 0 Å². The van der Waals surface area contributed by atoms with Gasteiger partial charge in [-0.05, 0) is 38.5 Å². The quantitative estimate of drug-likeness (QED) is 0.455. The molecule has 0 aliphatic carbocycles. The highest BCUT2D eigenvalue weighted by atomic mass is 16.1. The summed E-state index contributed by atoms with van der Waals surface area (Å²) in [7, 11) is 0. The van der Waals surface area contributed by atoms with Crippen LogP contribution in [0.1, 0.15) is 20.8 Å². The lowest BCUT2D eigenvalue weighted by Crippen LogP contribution is -1.84. The van der Waals surface area contributed by atoms with Gasteiger partial charge in [-0.1, -0.05) is 6.08 Å². The zero-order valence-corrected chi connectivity index (χ0v) is 7.05. The molecule has 0 N–H and O–H groups in total. The van der Waals surface area contributed by atoms with Gasteiger partial charge < -0.3 is 0 Å². The van der Waals surface area contributed by atoms with Gasteiger partial charge in [0.25, 0.3) is 0 Å². The van der Waals surface area contributed by atoms with Gasteiger partial charge in [0.2, 0.25) is 0 Å². The average Bonchev–Trinajstić information content (AvgIpc) is 1.82. The van der Waals surface area contributed by atoms with Crippen molar-refractivity contribution in [2.75, 3.05) is 0 Å². The van der Waals surface area contributed by atoms with Gasteiger partial charge in [-0.2, -0.15) is 0 Å². The van der Waals surface area contributed by atoms with Crippen LogP contribution in [0.4, 0.5) is 0 Å². The van der Waals surface area contributed by atoms with Crippen molar-refractivity contribution in [1.29, 1.82) is 0 Å². The van der Waals surface area contributed by atoms with Crippen LogP contribution in [0.2, 0.25) is 0 Å². The highest BCUT2D eigenvalue weighted by Gasteiger charge is 1.87. The average molecular weight is 152 g/mol. The highest BCUT2D eigenvalue weighted by Crippen LogP contribution is 1.94. The highest BCUT2D eigenvalue weighted by molar-refractivity contribution is 5.90.